The number of benzene rings is 1. The first-order valence-electron chi connectivity index (χ1n) is 6.94. The molecule has 0 N–H and O–H groups in total. The van der Waals surface area contributed by atoms with Crippen LogP contribution in [0, 0.1) is 0 Å². The zero-order valence-corrected chi connectivity index (χ0v) is 11.1. The largest absolute Gasteiger partial charge is 0.443 e. The lowest BCUT2D eigenvalue weighted by molar-refractivity contribution is 0.0608. The monoisotopic (exact) mass is 258 g/mol. The molecule has 0 radical (unpaired) electrons. The van der Waals surface area contributed by atoms with Gasteiger partial charge in [-0.15, -0.1) is 0 Å². The van der Waals surface area contributed by atoms with Gasteiger partial charge in [-0.3, -0.25) is 4.79 Å². The number of hydrogen-bond donors (Lipinski definition) is 0. The maximum Gasteiger partial charge on any atom is 0.254 e. The van der Waals surface area contributed by atoms with Gasteiger partial charge < -0.3 is 9.32 Å². The molecule has 0 aliphatic carbocycles. The molecular weight excluding hydrogens is 240 g/mol. The molecule has 1 aromatic heterocycles. The summed E-state index contributed by atoms with van der Waals surface area (Å²) in [5.74, 6) is 0.122. The van der Waals surface area contributed by atoms with E-state index >= 15 is 0 Å². The van der Waals surface area contributed by atoms with Crippen molar-refractivity contribution in [2.24, 2.45) is 0 Å². The number of carbonyl (C=O) groups is 1. The molecule has 1 amide bonds. The first-order valence-corrected chi connectivity index (χ1v) is 6.94. The van der Waals surface area contributed by atoms with E-state index < -0.39 is 0 Å². The minimum absolute atomic E-state index is 0.122. The fraction of sp³-hybridized carbons (Fsp3) is 0.467. The summed E-state index contributed by atoms with van der Waals surface area (Å²) < 4.78 is 5.20. The van der Waals surface area contributed by atoms with Gasteiger partial charge >= 0.3 is 0 Å². The summed E-state index contributed by atoms with van der Waals surface area (Å²) in [4.78, 5) is 18.7. The van der Waals surface area contributed by atoms with E-state index in [9.17, 15) is 4.79 Å². The van der Waals surface area contributed by atoms with Crippen molar-refractivity contribution in [3.05, 3.63) is 30.2 Å². The summed E-state index contributed by atoms with van der Waals surface area (Å²) in [5, 5.41) is 0. The Kier molecular flexibility index (Phi) is 3.23. The van der Waals surface area contributed by atoms with Gasteiger partial charge in [0.1, 0.15) is 5.52 Å². The number of rotatable bonds is 2. The Morgan fingerprint density at radius 1 is 1.47 bits per heavy atom. The normalized spacial score (nSPS) is 19.8. The van der Waals surface area contributed by atoms with Crippen LogP contribution in [-0.2, 0) is 0 Å². The Labute approximate surface area is 112 Å². The van der Waals surface area contributed by atoms with Crippen LogP contribution >= 0.6 is 0 Å². The number of amides is 1. The van der Waals surface area contributed by atoms with Crippen LogP contribution in [0.1, 0.15) is 43.0 Å². The molecule has 1 fully saturated rings. The molecule has 100 valence electrons. The highest BCUT2D eigenvalue weighted by atomic mass is 16.3. The number of nitrogens with zero attached hydrogens (tertiary/aromatic N) is 2. The SMILES string of the molecule is CCC1CCCCN1C(=O)c1ccc2ocnc2c1. The second-order valence-corrected chi connectivity index (χ2v) is 5.09. The zero-order valence-electron chi connectivity index (χ0n) is 11.1. The third kappa shape index (κ3) is 2.23. The van der Waals surface area contributed by atoms with Crippen molar-refractivity contribution in [2.45, 2.75) is 38.6 Å². The van der Waals surface area contributed by atoms with E-state index in [2.05, 4.69) is 11.9 Å². The molecule has 4 heteroatoms. The number of piperidine rings is 1. The Hall–Kier alpha value is -1.84. The van der Waals surface area contributed by atoms with Gasteiger partial charge in [0.05, 0.1) is 0 Å². The minimum atomic E-state index is 0.122. The van der Waals surface area contributed by atoms with Crippen molar-refractivity contribution in [1.29, 1.82) is 0 Å². The van der Waals surface area contributed by atoms with E-state index in [4.69, 9.17) is 4.42 Å². The van der Waals surface area contributed by atoms with E-state index in [0.29, 0.717) is 11.6 Å². The van der Waals surface area contributed by atoms with Crippen LogP contribution in [0.5, 0.6) is 0 Å². The molecule has 1 atom stereocenters. The minimum Gasteiger partial charge on any atom is -0.443 e. The van der Waals surface area contributed by atoms with Gasteiger partial charge in [-0.25, -0.2) is 4.98 Å². The molecule has 3 rings (SSSR count). The highest BCUT2D eigenvalue weighted by molar-refractivity contribution is 5.97. The average molecular weight is 258 g/mol. The molecule has 1 aliphatic rings. The molecule has 0 saturated carbocycles. The van der Waals surface area contributed by atoms with Crippen LogP contribution in [0.4, 0.5) is 0 Å². The van der Waals surface area contributed by atoms with Gasteiger partial charge in [0, 0.05) is 18.2 Å². The van der Waals surface area contributed by atoms with Gasteiger partial charge in [0.25, 0.3) is 5.91 Å². The van der Waals surface area contributed by atoms with E-state index in [1.165, 1.54) is 12.8 Å². The van der Waals surface area contributed by atoms with E-state index in [-0.39, 0.29) is 5.91 Å². The fourth-order valence-corrected chi connectivity index (χ4v) is 2.85. The molecule has 19 heavy (non-hydrogen) atoms. The van der Waals surface area contributed by atoms with Gasteiger partial charge in [-0.05, 0) is 43.9 Å². The summed E-state index contributed by atoms with van der Waals surface area (Å²) >= 11 is 0. The average Bonchev–Trinajstić information content (AvgIpc) is 2.93. The molecule has 1 unspecified atom stereocenters. The number of aromatic nitrogens is 1. The van der Waals surface area contributed by atoms with Crippen LogP contribution in [0.25, 0.3) is 11.1 Å². The van der Waals surface area contributed by atoms with Crippen molar-refractivity contribution in [3.8, 4) is 0 Å². The molecule has 0 spiro atoms. The second-order valence-electron chi connectivity index (χ2n) is 5.09. The smallest absolute Gasteiger partial charge is 0.254 e. The summed E-state index contributed by atoms with van der Waals surface area (Å²) in [7, 11) is 0. The summed E-state index contributed by atoms with van der Waals surface area (Å²) in [6, 6.07) is 5.86. The predicted molar refractivity (Wildman–Crippen MR) is 73.0 cm³/mol. The van der Waals surface area contributed by atoms with Crippen molar-refractivity contribution in [2.75, 3.05) is 6.54 Å². The summed E-state index contributed by atoms with van der Waals surface area (Å²) in [5.41, 5.74) is 2.18. The Morgan fingerprint density at radius 2 is 2.37 bits per heavy atom. The van der Waals surface area contributed by atoms with Crippen LogP contribution in [0.2, 0.25) is 0 Å². The molecule has 1 saturated heterocycles. The predicted octanol–water partition coefficient (Wildman–Crippen LogP) is 3.23. The highest BCUT2D eigenvalue weighted by Gasteiger charge is 2.26. The number of oxazole rings is 1. The molecule has 0 bridgehead atoms. The quantitative estimate of drug-likeness (QED) is 0.830. The van der Waals surface area contributed by atoms with Crippen molar-refractivity contribution in [3.63, 3.8) is 0 Å². The zero-order chi connectivity index (χ0) is 13.2. The standard InChI is InChI=1S/C15H18N2O2/c1-2-12-5-3-4-8-17(12)15(18)11-6-7-14-13(9-11)16-10-19-14/h6-7,9-10,12H,2-5,8H2,1H3. The lowest BCUT2D eigenvalue weighted by Gasteiger charge is -2.35. The van der Waals surface area contributed by atoms with Gasteiger partial charge in [0.15, 0.2) is 12.0 Å². The van der Waals surface area contributed by atoms with Crippen molar-refractivity contribution in [1.82, 2.24) is 9.88 Å². The van der Waals surface area contributed by atoms with E-state index in [0.717, 1.165) is 36.9 Å². The van der Waals surface area contributed by atoms with Gasteiger partial charge in [-0.2, -0.15) is 0 Å². The summed E-state index contributed by atoms with van der Waals surface area (Å²) in [6.45, 7) is 3.02. The number of likely N-dealkylation sites (tertiary alicyclic amines) is 1. The summed E-state index contributed by atoms with van der Waals surface area (Å²) in [6.07, 6.45) is 5.89. The van der Waals surface area contributed by atoms with Crippen LogP contribution < -0.4 is 0 Å². The number of fused-ring (bicyclic) bond motifs is 1. The maximum atomic E-state index is 12.6. The molecule has 2 heterocycles. The lowest BCUT2D eigenvalue weighted by Crippen LogP contribution is -2.43. The van der Waals surface area contributed by atoms with Crippen molar-refractivity contribution < 1.29 is 9.21 Å². The topological polar surface area (TPSA) is 46.3 Å². The third-order valence-corrected chi connectivity index (χ3v) is 3.94. The van der Waals surface area contributed by atoms with E-state index in [1.807, 2.05) is 23.1 Å². The first-order chi connectivity index (χ1) is 9.29. The Morgan fingerprint density at radius 3 is 3.21 bits per heavy atom. The van der Waals surface area contributed by atoms with Crippen molar-refractivity contribution >= 4 is 17.0 Å². The number of carbonyl (C=O) groups excluding carboxylic acids is 1. The Balaban J connectivity index is 1.89. The van der Waals surface area contributed by atoms with E-state index in [1.54, 1.807) is 0 Å². The molecule has 4 nitrogen and oxygen atoms in total. The van der Waals surface area contributed by atoms with Gasteiger partial charge in [0.2, 0.25) is 0 Å². The van der Waals surface area contributed by atoms with Gasteiger partial charge in [-0.1, -0.05) is 6.92 Å². The highest BCUT2D eigenvalue weighted by Crippen LogP contribution is 2.23. The second kappa shape index (κ2) is 5.03. The molecule has 1 aliphatic heterocycles. The van der Waals surface area contributed by atoms with Crippen LogP contribution in [0.3, 0.4) is 0 Å². The maximum absolute atomic E-state index is 12.6. The molecule has 2 aromatic rings. The van der Waals surface area contributed by atoms with Crippen LogP contribution in [-0.4, -0.2) is 28.4 Å². The first kappa shape index (κ1) is 12.2. The fourth-order valence-electron chi connectivity index (χ4n) is 2.85. The third-order valence-electron chi connectivity index (χ3n) is 3.94. The number of hydrogen-bond acceptors (Lipinski definition) is 3. The molecular formula is C15H18N2O2. The van der Waals surface area contributed by atoms with Crippen LogP contribution in [0.15, 0.2) is 29.0 Å². The molecule has 1 aromatic carbocycles. The Bertz CT molecular complexity index is 591. The lowest BCUT2D eigenvalue weighted by atomic mass is 9.99.